The fraction of sp³-hybridized carbons (Fsp3) is 0.0769. The zero-order chi connectivity index (χ0) is 13.1. The van der Waals surface area contributed by atoms with Crippen LogP contribution in [0.4, 0.5) is 5.69 Å². The molecule has 2 N–H and O–H groups in total. The van der Waals surface area contributed by atoms with Gasteiger partial charge in [0.1, 0.15) is 12.4 Å². The molecule has 0 unspecified atom stereocenters. The van der Waals surface area contributed by atoms with E-state index in [1.165, 1.54) is 0 Å². The Kier molecular flexibility index (Phi) is 4.38. The van der Waals surface area contributed by atoms with Crippen LogP contribution in [0.5, 0.6) is 5.75 Å². The number of nitrogens with two attached hydrogens (primary N) is 1. The van der Waals surface area contributed by atoms with Crippen molar-refractivity contribution in [2.45, 2.75) is 6.61 Å². The van der Waals surface area contributed by atoms with Gasteiger partial charge in [-0.2, -0.15) is 0 Å². The molecule has 2 rings (SSSR count). The molecule has 18 heavy (non-hydrogen) atoms. The second-order valence-corrected chi connectivity index (χ2v) is 5.44. The number of halogens is 3. The molecule has 0 aliphatic rings. The zero-order valence-corrected chi connectivity index (χ0v) is 12.4. The molecule has 2 nitrogen and oxygen atoms in total. The molecule has 2 aromatic rings. The molecule has 0 radical (unpaired) electrons. The van der Waals surface area contributed by atoms with Crippen LogP contribution in [0, 0.1) is 0 Å². The lowest BCUT2D eigenvalue weighted by Gasteiger charge is -2.09. The molecule has 0 heterocycles. The van der Waals surface area contributed by atoms with Gasteiger partial charge in [0.15, 0.2) is 0 Å². The maximum Gasteiger partial charge on any atom is 0.121 e. The molecule has 0 saturated carbocycles. The summed E-state index contributed by atoms with van der Waals surface area (Å²) in [6.07, 6.45) is 0. The third-order valence-corrected chi connectivity index (χ3v) is 3.63. The smallest absolute Gasteiger partial charge is 0.121 e. The van der Waals surface area contributed by atoms with Crippen LogP contribution >= 0.6 is 39.1 Å². The van der Waals surface area contributed by atoms with Crippen molar-refractivity contribution in [3.8, 4) is 5.75 Å². The van der Waals surface area contributed by atoms with E-state index in [-0.39, 0.29) is 0 Å². The monoisotopic (exact) mass is 345 g/mol. The third kappa shape index (κ3) is 3.31. The summed E-state index contributed by atoms with van der Waals surface area (Å²) in [5.74, 6) is 0.659. The molecule has 5 heteroatoms. The van der Waals surface area contributed by atoms with Gasteiger partial charge >= 0.3 is 0 Å². The van der Waals surface area contributed by atoms with E-state index >= 15 is 0 Å². The predicted molar refractivity (Wildman–Crippen MR) is 79.3 cm³/mol. The minimum atomic E-state index is 0.386. The van der Waals surface area contributed by atoms with Crippen molar-refractivity contribution in [2.24, 2.45) is 0 Å². The SMILES string of the molecule is Nc1cc(Br)ccc1COc1ccc(Cl)c(Cl)c1. The van der Waals surface area contributed by atoms with Gasteiger partial charge in [-0.1, -0.05) is 45.2 Å². The van der Waals surface area contributed by atoms with Crippen LogP contribution in [0.15, 0.2) is 40.9 Å². The molecule has 2 aromatic carbocycles. The van der Waals surface area contributed by atoms with Gasteiger partial charge in [0.05, 0.1) is 10.0 Å². The predicted octanol–water partition coefficient (Wildman–Crippen LogP) is 4.92. The van der Waals surface area contributed by atoms with Crippen LogP contribution in [0.3, 0.4) is 0 Å². The van der Waals surface area contributed by atoms with Crippen molar-refractivity contribution in [1.29, 1.82) is 0 Å². The van der Waals surface area contributed by atoms with Crippen LogP contribution < -0.4 is 10.5 Å². The minimum absolute atomic E-state index is 0.386. The van der Waals surface area contributed by atoms with Crippen molar-refractivity contribution >= 4 is 44.8 Å². The van der Waals surface area contributed by atoms with E-state index in [0.717, 1.165) is 10.0 Å². The van der Waals surface area contributed by atoms with Crippen LogP contribution in [0.1, 0.15) is 5.56 Å². The van der Waals surface area contributed by atoms with Crippen molar-refractivity contribution in [2.75, 3.05) is 5.73 Å². The molecule has 0 bridgehead atoms. The van der Waals surface area contributed by atoms with Crippen molar-refractivity contribution in [1.82, 2.24) is 0 Å². The lowest BCUT2D eigenvalue weighted by molar-refractivity contribution is 0.307. The normalized spacial score (nSPS) is 10.4. The van der Waals surface area contributed by atoms with Gasteiger partial charge in [-0.25, -0.2) is 0 Å². The Morgan fingerprint density at radius 3 is 2.50 bits per heavy atom. The highest BCUT2D eigenvalue weighted by molar-refractivity contribution is 9.10. The molecule has 94 valence electrons. The van der Waals surface area contributed by atoms with Crippen LogP contribution in [-0.4, -0.2) is 0 Å². The summed E-state index contributed by atoms with van der Waals surface area (Å²) in [4.78, 5) is 0. The summed E-state index contributed by atoms with van der Waals surface area (Å²) in [5, 5.41) is 0.977. The molecular formula is C13H10BrCl2NO. The second-order valence-electron chi connectivity index (χ2n) is 3.71. The van der Waals surface area contributed by atoms with E-state index in [0.29, 0.717) is 28.1 Å². The number of hydrogen-bond donors (Lipinski definition) is 1. The molecule has 0 aliphatic heterocycles. The number of ether oxygens (including phenoxy) is 1. The van der Waals surface area contributed by atoms with Gasteiger partial charge in [0.2, 0.25) is 0 Å². The number of nitrogen functional groups attached to an aromatic ring is 1. The first-order valence-electron chi connectivity index (χ1n) is 5.18. The lowest BCUT2D eigenvalue weighted by atomic mass is 10.2. The first-order chi connectivity index (χ1) is 8.56. The summed E-state index contributed by atoms with van der Waals surface area (Å²) in [6, 6.07) is 10.8. The summed E-state index contributed by atoms with van der Waals surface area (Å²) in [5.41, 5.74) is 7.49. The number of benzene rings is 2. The van der Waals surface area contributed by atoms with E-state index in [4.69, 9.17) is 33.7 Å². The first-order valence-corrected chi connectivity index (χ1v) is 6.73. The van der Waals surface area contributed by atoms with Gasteiger partial charge in [0, 0.05) is 21.8 Å². The largest absolute Gasteiger partial charge is 0.489 e. The van der Waals surface area contributed by atoms with Crippen LogP contribution in [0.2, 0.25) is 10.0 Å². The van der Waals surface area contributed by atoms with Gasteiger partial charge in [0.25, 0.3) is 0 Å². The van der Waals surface area contributed by atoms with Crippen LogP contribution in [-0.2, 0) is 6.61 Å². The highest BCUT2D eigenvalue weighted by atomic mass is 79.9. The fourth-order valence-corrected chi connectivity index (χ4v) is 2.09. The molecule has 0 amide bonds. The average molecular weight is 347 g/mol. The van der Waals surface area contributed by atoms with E-state index in [2.05, 4.69) is 15.9 Å². The average Bonchev–Trinajstić information content (AvgIpc) is 2.32. The molecule has 0 atom stereocenters. The molecule has 0 aromatic heterocycles. The van der Waals surface area contributed by atoms with Gasteiger partial charge in [-0.05, 0) is 24.3 Å². The molecule has 0 aliphatic carbocycles. The summed E-state index contributed by atoms with van der Waals surface area (Å²) in [7, 11) is 0. The summed E-state index contributed by atoms with van der Waals surface area (Å²) < 4.78 is 6.55. The van der Waals surface area contributed by atoms with E-state index < -0.39 is 0 Å². The number of hydrogen-bond acceptors (Lipinski definition) is 2. The fourth-order valence-electron chi connectivity index (χ4n) is 1.42. The maximum absolute atomic E-state index is 5.90. The van der Waals surface area contributed by atoms with Gasteiger partial charge in [-0.3, -0.25) is 0 Å². The summed E-state index contributed by atoms with van der Waals surface area (Å²) in [6.45, 7) is 0.386. The maximum atomic E-state index is 5.90. The van der Waals surface area contributed by atoms with Crippen molar-refractivity contribution in [3.63, 3.8) is 0 Å². The van der Waals surface area contributed by atoms with E-state index in [1.54, 1.807) is 18.2 Å². The number of rotatable bonds is 3. The van der Waals surface area contributed by atoms with Gasteiger partial charge in [-0.15, -0.1) is 0 Å². The molecule has 0 saturated heterocycles. The molecule has 0 spiro atoms. The minimum Gasteiger partial charge on any atom is -0.489 e. The van der Waals surface area contributed by atoms with Gasteiger partial charge < -0.3 is 10.5 Å². The van der Waals surface area contributed by atoms with E-state index in [9.17, 15) is 0 Å². The Morgan fingerprint density at radius 2 is 1.83 bits per heavy atom. The highest BCUT2D eigenvalue weighted by Crippen LogP contribution is 2.27. The Morgan fingerprint density at radius 1 is 1.06 bits per heavy atom. The van der Waals surface area contributed by atoms with Crippen LogP contribution in [0.25, 0.3) is 0 Å². The van der Waals surface area contributed by atoms with E-state index in [1.807, 2.05) is 18.2 Å². The highest BCUT2D eigenvalue weighted by Gasteiger charge is 2.03. The Bertz CT molecular complexity index is 575. The van der Waals surface area contributed by atoms with Crippen molar-refractivity contribution in [3.05, 3.63) is 56.5 Å². The molecule has 0 fully saturated rings. The number of anilines is 1. The Balaban J connectivity index is 2.09. The molecular weight excluding hydrogens is 337 g/mol. The lowest BCUT2D eigenvalue weighted by Crippen LogP contribution is -2.00. The van der Waals surface area contributed by atoms with Crippen molar-refractivity contribution < 1.29 is 4.74 Å². The first kappa shape index (κ1) is 13.5. The zero-order valence-electron chi connectivity index (χ0n) is 9.29. The Hall–Kier alpha value is -0.900. The quantitative estimate of drug-likeness (QED) is 0.801. The third-order valence-electron chi connectivity index (χ3n) is 2.39. The second kappa shape index (κ2) is 5.83. The standard InChI is InChI=1S/C13H10BrCl2NO/c14-9-2-1-8(13(17)5-9)7-18-10-3-4-11(15)12(16)6-10/h1-6H,7,17H2. The summed E-state index contributed by atoms with van der Waals surface area (Å²) >= 11 is 15.1. The Labute approximate surface area is 124 Å². The topological polar surface area (TPSA) is 35.2 Å².